The van der Waals surface area contributed by atoms with E-state index in [0.717, 1.165) is 24.2 Å². The van der Waals surface area contributed by atoms with E-state index in [0.29, 0.717) is 6.42 Å². The molecule has 0 N–H and O–H groups in total. The third-order valence-electron chi connectivity index (χ3n) is 2.64. The van der Waals surface area contributed by atoms with E-state index < -0.39 is 5.97 Å². The normalized spacial score (nSPS) is 18.0. The molecule has 1 aliphatic heterocycles. The fraction of sp³-hybridized carbons (Fsp3) is 0.692. The fourth-order valence-corrected chi connectivity index (χ4v) is 4.66. The van der Waals surface area contributed by atoms with Crippen molar-refractivity contribution in [2.45, 2.75) is 37.4 Å². The molecule has 6 heteroatoms. The lowest BCUT2D eigenvalue weighted by atomic mass is 10.1. The van der Waals surface area contributed by atoms with Gasteiger partial charge in [0.25, 0.3) is 0 Å². The monoisotopic (exact) mass is 304 g/mol. The minimum atomic E-state index is -0.497. The van der Waals surface area contributed by atoms with Crippen molar-refractivity contribution in [3.05, 3.63) is 12.7 Å². The maximum Gasteiger partial charge on any atom is 0.330 e. The Morgan fingerprint density at radius 2 is 2.05 bits per heavy atom. The van der Waals surface area contributed by atoms with E-state index in [1.807, 2.05) is 21.6 Å². The van der Waals surface area contributed by atoms with Crippen LogP contribution >= 0.6 is 21.6 Å². The van der Waals surface area contributed by atoms with Crippen LogP contribution in [0, 0.1) is 0 Å². The number of unbranched alkanes of at least 4 members (excludes halogenated alkanes) is 1. The van der Waals surface area contributed by atoms with Crippen LogP contribution in [-0.4, -0.2) is 36.2 Å². The molecule has 1 aliphatic rings. The minimum absolute atomic E-state index is 0.0898. The Balaban J connectivity index is 1.89. The Morgan fingerprint density at radius 3 is 2.74 bits per heavy atom. The fourth-order valence-electron chi connectivity index (χ4n) is 1.63. The van der Waals surface area contributed by atoms with Gasteiger partial charge in [-0.3, -0.25) is 4.79 Å². The van der Waals surface area contributed by atoms with Crippen molar-refractivity contribution in [1.29, 1.82) is 0 Å². The minimum Gasteiger partial charge on any atom is -0.462 e. The molecular formula is C13H20O4S2. The van der Waals surface area contributed by atoms with E-state index in [4.69, 9.17) is 9.47 Å². The van der Waals surface area contributed by atoms with Crippen LogP contribution in [0.4, 0.5) is 0 Å². The van der Waals surface area contributed by atoms with Crippen LogP contribution in [-0.2, 0) is 19.1 Å². The molecule has 0 aromatic carbocycles. The maximum absolute atomic E-state index is 11.4. The topological polar surface area (TPSA) is 52.6 Å². The average molecular weight is 304 g/mol. The molecule has 1 fully saturated rings. The van der Waals surface area contributed by atoms with Crippen molar-refractivity contribution >= 4 is 33.5 Å². The Bertz CT molecular complexity index is 301. The smallest absolute Gasteiger partial charge is 0.330 e. The van der Waals surface area contributed by atoms with Gasteiger partial charge in [0.15, 0.2) is 0 Å². The Kier molecular flexibility index (Phi) is 8.82. The standard InChI is InChI=1S/C13H20O4S2/c1-2-12(14)16-8-9-17-13(15)6-4-3-5-11-7-10-18-19-11/h2,11H,1,3-10H2. The van der Waals surface area contributed by atoms with Gasteiger partial charge in [0.2, 0.25) is 0 Å². The zero-order chi connectivity index (χ0) is 13.9. The van der Waals surface area contributed by atoms with Crippen LogP contribution in [0.2, 0.25) is 0 Å². The molecule has 1 unspecified atom stereocenters. The number of hydrogen-bond donors (Lipinski definition) is 0. The zero-order valence-corrected chi connectivity index (χ0v) is 12.6. The van der Waals surface area contributed by atoms with E-state index in [-0.39, 0.29) is 19.2 Å². The molecule has 19 heavy (non-hydrogen) atoms. The summed E-state index contributed by atoms with van der Waals surface area (Å²) in [5.74, 6) is 0.534. The van der Waals surface area contributed by atoms with Crippen LogP contribution < -0.4 is 0 Å². The van der Waals surface area contributed by atoms with E-state index >= 15 is 0 Å². The summed E-state index contributed by atoms with van der Waals surface area (Å²) < 4.78 is 9.64. The SMILES string of the molecule is C=CC(=O)OCCOC(=O)CCCCC1CCSS1. The second-order valence-electron chi connectivity index (χ2n) is 4.17. The number of carbonyl (C=O) groups is 2. The first-order valence-corrected chi connectivity index (χ1v) is 8.83. The molecule has 1 rings (SSSR count). The van der Waals surface area contributed by atoms with Gasteiger partial charge in [0.05, 0.1) is 0 Å². The van der Waals surface area contributed by atoms with Gasteiger partial charge in [-0.15, -0.1) is 0 Å². The summed E-state index contributed by atoms with van der Waals surface area (Å²) in [7, 11) is 3.91. The molecule has 0 aromatic heterocycles. The van der Waals surface area contributed by atoms with Crippen molar-refractivity contribution in [3.8, 4) is 0 Å². The second-order valence-corrected chi connectivity index (χ2v) is 6.95. The maximum atomic E-state index is 11.4. The van der Waals surface area contributed by atoms with Gasteiger partial charge in [-0.1, -0.05) is 34.6 Å². The van der Waals surface area contributed by atoms with Gasteiger partial charge in [-0.2, -0.15) is 0 Å². The summed E-state index contributed by atoms with van der Waals surface area (Å²) in [6.07, 6.45) is 5.93. The van der Waals surface area contributed by atoms with Crippen LogP contribution in [0.3, 0.4) is 0 Å². The van der Waals surface area contributed by atoms with Crippen LogP contribution in [0.15, 0.2) is 12.7 Å². The molecule has 108 valence electrons. The highest BCUT2D eigenvalue weighted by Gasteiger charge is 2.15. The quantitative estimate of drug-likeness (QED) is 0.282. The molecule has 1 saturated heterocycles. The molecule has 0 bridgehead atoms. The van der Waals surface area contributed by atoms with Crippen LogP contribution in [0.1, 0.15) is 32.1 Å². The molecule has 1 heterocycles. The molecule has 1 atom stereocenters. The molecule has 0 radical (unpaired) electrons. The van der Waals surface area contributed by atoms with Gasteiger partial charge < -0.3 is 9.47 Å². The van der Waals surface area contributed by atoms with E-state index in [2.05, 4.69) is 6.58 Å². The number of ether oxygens (including phenoxy) is 2. The lowest BCUT2D eigenvalue weighted by molar-refractivity contribution is -0.149. The average Bonchev–Trinajstić information content (AvgIpc) is 2.92. The molecule has 0 spiro atoms. The highest BCUT2D eigenvalue weighted by atomic mass is 33.1. The van der Waals surface area contributed by atoms with Crippen molar-refractivity contribution < 1.29 is 19.1 Å². The summed E-state index contributed by atoms with van der Waals surface area (Å²) in [6.45, 7) is 3.48. The molecule has 4 nitrogen and oxygen atoms in total. The highest BCUT2D eigenvalue weighted by molar-refractivity contribution is 8.77. The predicted octanol–water partition coefficient (Wildman–Crippen LogP) is 2.97. The van der Waals surface area contributed by atoms with Gasteiger partial charge in [0.1, 0.15) is 13.2 Å². The highest BCUT2D eigenvalue weighted by Crippen LogP contribution is 2.39. The van der Waals surface area contributed by atoms with E-state index in [9.17, 15) is 9.59 Å². The summed E-state index contributed by atoms with van der Waals surface area (Å²) in [4.78, 5) is 22.1. The van der Waals surface area contributed by atoms with Crippen LogP contribution in [0.25, 0.3) is 0 Å². The second kappa shape index (κ2) is 10.2. The number of esters is 2. The number of hydrogen-bond acceptors (Lipinski definition) is 6. The largest absolute Gasteiger partial charge is 0.462 e. The van der Waals surface area contributed by atoms with E-state index in [1.165, 1.54) is 18.6 Å². The van der Waals surface area contributed by atoms with Crippen molar-refractivity contribution in [3.63, 3.8) is 0 Å². The van der Waals surface area contributed by atoms with Crippen LogP contribution in [0.5, 0.6) is 0 Å². The summed E-state index contributed by atoms with van der Waals surface area (Å²) >= 11 is 0. The lowest BCUT2D eigenvalue weighted by Crippen LogP contribution is -2.12. The Hall–Kier alpha value is -0.620. The molecular weight excluding hydrogens is 284 g/mol. The molecule has 0 aliphatic carbocycles. The van der Waals surface area contributed by atoms with Gasteiger partial charge in [-0.05, 0) is 19.3 Å². The van der Waals surface area contributed by atoms with Gasteiger partial charge in [0, 0.05) is 23.5 Å². The molecule has 0 aromatic rings. The first-order chi connectivity index (χ1) is 9.22. The van der Waals surface area contributed by atoms with E-state index in [1.54, 1.807) is 0 Å². The van der Waals surface area contributed by atoms with Gasteiger partial charge in [-0.25, -0.2) is 4.79 Å². The Labute approximate surface area is 122 Å². The molecule has 0 amide bonds. The first kappa shape index (κ1) is 16.4. The predicted molar refractivity (Wildman–Crippen MR) is 79.0 cm³/mol. The summed E-state index contributed by atoms with van der Waals surface area (Å²) in [6, 6.07) is 0. The zero-order valence-electron chi connectivity index (χ0n) is 11.0. The first-order valence-electron chi connectivity index (χ1n) is 6.45. The summed E-state index contributed by atoms with van der Waals surface area (Å²) in [5.41, 5.74) is 0. The number of carbonyl (C=O) groups excluding carboxylic acids is 2. The Morgan fingerprint density at radius 1 is 1.26 bits per heavy atom. The summed E-state index contributed by atoms with van der Waals surface area (Å²) in [5, 5.41) is 0.763. The third kappa shape index (κ3) is 8.21. The lowest BCUT2D eigenvalue weighted by Gasteiger charge is -2.07. The number of rotatable bonds is 9. The third-order valence-corrected chi connectivity index (χ3v) is 5.65. The van der Waals surface area contributed by atoms with Crippen molar-refractivity contribution in [2.24, 2.45) is 0 Å². The van der Waals surface area contributed by atoms with Gasteiger partial charge >= 0.3 is 11.9 Å². The molecule has 0 saturated carbocycles. The van der Waals surface area contributed by atoms with Crippen molar-refractivity contribution in [1.82, 2.24) is 0 Å². The van der Waals surface area contributed by atoms with Crippen molar-refractivity contribution in [2.75, 3.05) is 19.0 Å².